The van der Waals surface area contributed by atoms with Crippen molar-refractivity contribution in [2.24, 2.45) is 0 Å². The highest BCUT2D eigenvalue weighted by atomic mass is 16.5. The van der Waals surface area contributed by atoms with E-state index in [4.69, 9.17) is 4.74 Å². The SMILES string of the molecule is CCN(CC)[C@H](C)CNC(=O)[C@H](C)OCc1ccccc1. The Kier molecular flexibility index (Phi) is 8.01. The van der Waals surface area contributed by atoms with Crippen LogP contribution < -0.4 is 5.32 Å². The molecule has 0 aromatic heterocycles. The first kappa shape index (κ1) is 17.7. The third-order valence-electron chi connectivity index (χ3n) is 3.72. The first-order valence-corrected chi connectivity index (χ1v) is 7.75. The molecule has 1 rings (SSSR count). The normalized spacial score (nSPS) is 14.0. The Bertz CT molecular complexity index is 405. The van der Waals surface area contributed by atoms with Gasteiger partial charge in [-0.3, -0.25) is 9.69 Å². The number of likely N-dealkylation sites (N-methyl/N-ethyl adjacent to an activating group) is 1. The van der Waals surface area contributed by atoms with Crippen molar-refractivity contribution in [2.75, 3.05) is 19.6 Å². The van der Waals surface area contributed by atoms with Crippen LogP contribution in [-0.4, -0.2) is 42.6 Å². The molecule has 0 saturated carbocycles. The number of benzene rings is 1. The van der Waals surface area contributed by atoms with Gasteiger partial charge in [0.15, 0.2) is 0 Å². The fourth-order valence-electron chi connectivity index (χ4n) is 2.24. The summed E-state index contributed by atoms with van der Waals surface area (Å²) < 4.78 is 5.61. The molecule has 0 heterocycles. The van der Waals surface area contributed by atoms with Crippen molar-refractivity contribution in [1.29, 1.82) is 0 Å². The molecule has 0 radical (unpaired) electrons. The largest absolute Gasteiger partial charge is 0.364 e. The van der Waals surface area contributed by atoms with Crippen LogP contribution in [0.25, 0.3) is 0 Å². The quantitative estimate of drug-likeness (QED) is 0.760. The van der Waals surface area contributed by atoms with Crippen LogP contribution in [0.2, 0.25) is 0 Å². The summed E-state index contributed by atoms with van der Waals surface area (Å²) in [7, 11) is 0. The van der Waals surface area contributed by atoms with Gasteiger partial charge in [0.05, 0.1) is 6.61 Å². The van der Waals surface area contributed by atoms with E-state index < -0.39 is 6.10 Å². The van der Waals surface area contributed by atoms with E-state index in [9.17, 15) is 4.79 Å². The highest BCUT2D eigenvalue weighted by Gasteiger charge is 2.16. The standard InChI is InChI=1S/C17H28N2O2/c1-5-19(6-2)14(3)12-18-17(20)15(4)21-13-16-10-8-7-9-11-16/h7-11,14-15H,5-6,12-13H2,1-4H3,(H,18,20)/t14-,15+/m1/s1. The second kappa shape index (κ2) is 9.53. The van der Waals surface area contributed by atoms with Crippen LogP contribution in [0.3, 0.4) is 0 Å². The number of nitrogens with zero attached hydrogens (tertiary/aromatic N) is 1. The van der Waals surface area contributed by atoms with Crippen molar-refractivity contribution < 1.29 is 9.53 Å². The zero-order valence-corrected chi connectivity index (χ0v) is 13.6. The molecule has 0 aliphatic rings. The number of nitrogens with one attached hydrogen (secondary N) is 1. The number of carbonyl (C=O) groups is 1. The van der Waals surface area contributed by atoms with E-state index in [-0.39, 0.29) is 5.91 Å². The molecule has 1 aromatic rings. The minimum Gasteiger partial charge on any atom is -0.364 e. The van der Waals surface area contributed by atoms with Gasteiger partial charge in [-0.2, -0.15) is 0 Å². The maximum absolute atomic E-state index is 12.0. The number of rotatable bonds is 9. The molecule has 4 heteroatoms. The number of amides is 1. The van der Waals surface area contributed by atoms with Crippen LogP contribution in [0.15, 0.2) is 30.3 Å². The van der Waals surface area contributed by atoms with E-state index in [1.54, 1.807) is 6.92 Å². The number of carbonyl (C=O) groups excluding carboxylic acids is 1. The average molecular weight is 292 g/mol. The third-order valence-corrected chi connectivity index (χ3v) is 3.72. The molecule has 0 saturated heterocycles. The lowest BCUT2D eigenvalue weighted by molar-refractivity contribution is -0.132. The van der Waals surface area contributed by atoms with Crippen LogP contribution >= 0.6 is 0 Å². The fourth-order valence-corrected chi connectivity index (χ4v) is 2.24. The fraction of sp³-hybridized carbons (Fsp3) is 0.588. The van der Waals surface area contributed by atoms with E-state index in [1.807, 2.05) is 30.3 Å². The van der Waals surface area contributed by atoms with Gasteiger partial charge >= 0.3 is 0 Å². The van der Waals surface area contributed by atoms with E-state index in [2.05, 4.69) is 31.0 Å². The Balaban J connectivity index is 2.31. The molecular formula is C17H28N2O2. The molecule has 0 aliphatic carbocycles. The number of ether oxygens (including phenoxy) is 1. The average Bonchev–Trinajstić information content (AvgIpc) is 2.52. The Morgan fingerprint density at radius 3 is 2.38 bits per heavy atom. The van der Waals surface area contributed by atoms with Crippen LogP contribution in [0.4, 0.5) is 0 Å². The molecule has 1 N–H and O–H groups in total. The van der Waals surface area contributed by atoms with Gasteiger partial charge in [-0.1, -0.05) is 44.2 Å². The van der Waals surface area contributed by atoms with Crippen molar-refractivity contribution in [1.82, 2.24) is 10.2 Å². The predicted octanol–water partition coefficient (Wildman–Crippen LogP) is 2.44. The van der Waals surface area contributed by atoms with Crippen molar-refractivity contribution in [2.45, 2.75) is 46.4 Å². The Labute approximate surface area is 128 Å². The van der Waals surface area contributed by atoms with Crippen molar-refractivity contribution in [3.8, 4) is 0 Å². The summed E-state index contributed by atoms with van der Waals surface area (Å²) in [6, 6.07) is 10.2. The van der Waals surface area contributed by atoms with Crippen LogP contribution in [-0.2, 0) is 16.1 Å². The summed E-state index contributed by atoms with van der Waals surface area (Å²) in [6.45, 7) is 11.3. The summed E-state index contributed by atoms with van der Waals surface area (Å²) in [4.78, 5) is 14.3. The van der Waals surface area contributed by atoms with Gasteiger partial charge in [0.25, 0.3) is 0 Å². The van der Waals surface area contributed by atoms with Gasteiger partial charge in [0.1, 0.15) is 6.10 Å². The molecule has 4 nitrogen and oxygen atoms in total. The van der Waals surface area contributed by atoms with Gasteiger partial charge in [0, 0.05) is 12.6 Å². The third kappa shape index (κ3) is 6.27. The minimum absolute atomic E-state index is 0.0510. The summed E-state index contributed by atoms with van der Waals surface area (Å²) in [5.74, 6) is -0.0510. The first-order valence-electron chi connectivity index (χ1n) is 7.75. The van der Waals surface area contributed by atoms with Crippen LogP contribution in [0, 0.1) is 0 Å². The summed E-state index contributed by atoms with van der Waals surface area (Å²) in [6.07, 6.45) is -0.436. The molecule has 0 bridgehead atoms. The maximum atomic E-state index is 12.0. The van der Waals surface area contributed by atoms with Gasteiger partial charge in [-0.05, 0) is 32.5 Å². The first-order chi connectivity index (χ1) is 10.1. The van der Waals surface area contributed by atoms with E-state index in [0.717, 1.165) is 18.7 Å². The van der Waals surface area contributed by atoms with E-state index >= 15 is 0 Å². The smallest absolute Gasteiger partial charge is 0.248 e. The van der Waals surface area contributed by atoms with E-state index in [1.165, 1.54) is 0 Å². The Morgan fingerprint density at radius 2 is 1.81 bits per heavy atom. The lowest BCUT2D eigenvalue weighted by Crippen LogP contribution is -2.44. The molecule has 0 spiro atoms. The molecule has 118 valence electrons. The molecule has 0 aliphatic heterocycles. The van der Waals surface area contributed by atoms with Gasteiger partial charge in [-0.15, -0.1) is 0 Å². The molecule has 0 unspecified atom stereocenters. The summed E-state index contributed by atoms with van der Waals surface area (Å²) >= 11 is 0. The maximum Gasteiger partial charge on any atom is 0.248 e. The van der Waals surface area contributed by atoms with Crippen LogP contribution in [0.5, 0.6) is 0 Å². The highest BCUT2D eigenvalue weighted by molar-refractivity contribution is 5.80. The molecular weight excluding hydrogens is 264 g/mol. The molecule has 2 atom stereocenters. The number of hydrogen-bond donors (Lipinski definition) is 1. The number of hydrogen-bond acceptors (Lipinski definition) is 3. The Morgan fingerprint density at radius 1 is 1.19 bits per heavy atom. The minimum atomic E-state index is -0.436. The Hall–Kier alpha value is -1.39. The molecule has 1 aromatic carbocycles. The summed E-state index contributed by atoms with van der Waals surface area (Å²) in [5.41, 5.74) is 1.08. The van der Waals surface area contributed by atoms with Gasteiger partial charge in [0.2, 0.25) is 5.91 Å². The van der Waals surface area contributed by atoms with Crippen LogP contribution in [0.1, 0.15) is 33.3 Å². The summed E-state index contributed by atoms with van der Waals surface area (Å²) in [5, 5.41) is 2.96. The molecule has 1 amide bonds. The lowest BCUT2D eigenvalue weighted by atomic mass is 10.2. The lowest BCUT2D eigenvalue weighted by Gasteiger charge is -2.26. The molecule has 21 heavy (non-hydrogen) atoms. The van der Waals surface area contributed by atoms with Crippen molar-refractivity contribution >= 4 is 5.91 Å². The van der Waals surface area contributed by atoms with Crippen molar-refractivity contribution in [3.63, 3.8) is 0 Å². The van der Waals surface area contributed by atoms with Gasteiger partial charge in [-0.25, -0.2) is 0 Å². The second-order valence-electron chi connectivity index (χ2n) is 5.25. The van der Waals surface area contributed by atoms with Crippen molar-refractivity contribution in [3.05, 3.63) is 35.9 Å². The molecule has 0 fully saturated rings. The second-order valence-corrected chi connectivity index (χ2v) is 5.25. The zero-order valence-electron chi connectivity index (χ0n) is 13.6. The van der Waals surface area contributed by atoms with E-state index in [0.29, 0.717) is 19.2 Å². The zero-order chi connectivity index (χ0) is 15.7. The van der Waals surface area contributed by atoms with Gasteiger partial charge < -0.3 is 10.1 Å². The highest BCUT2D eigenvalue weighted by Crippen LogP contribution is 2.03. The topological polar surface area (TPSA) is 41.6 Å². The predicted molar refractivity (Wildman–Crippen MR) is 86.1 cm³/mol. The monoisotopic (exact) mass is 292 g/mol.